The van der Waals surface area contributed by atoms with Crippen molar-refractivity contribution >= 4 is 50.4 Å². The number of carbonyl (C=O) groups excluding carboxylic acids is 1. The molecular weight excluding hydrogens is 588 g/mol. The number of carbonyl (C=O) groups is 2. The molecule has 2 aliphatic rings. The monoisotopic (exact) mass is 626 g/mol. The predicted molar refractivity (Wildman–Crippen MR) is 166 cm³/mol. The molecular formula is C29H38N8O6S. The summed E-state index contributed by atoms with van der Waals surface area (Å²) in [6, 6.07) is 2.40. The normalized spacial score (nSPS) is 17.3. The molecule has 4 heterocycles. The lowest BCUT2D eigenvalue weighted by Gasteiger charge is -2.35. The molecule has 1 aliphatic heterocycles. The summed E-state index contributed by atoms with van der Waals surface area (Å²) in [5.74, 6) is -1.13. The molecule has 236 valence electrons. The van der Waals surface area contributed by atoms with Gasteiger partial charge < -0.3 is 15.3 Å². The van der Waals surface area contributed by atoms with Crippen LogP contribution >= 0.6 is 0 Å². The minimum Gasteiger partial charge on any atom is -0.480 e. The van der Waals surface area contributed by atoms with Gasteiger partial charge in [-0.2, -0.15) is 22.4 Å². The Morgan fingerprint density at radius 3 is 2.30 bits per heavy atom. The van der Waals surface area contributed by atoms with Crippen molar-refractivity contribution in [2.45, 2.75) is 65.5 Å². The Morgan fingerprint density at radius 1 is 1.05 bits per heavy atom. The Bertz CT molecular complexity index is 1730. The summed E-state index contributed by atoms with van der Waals surface area (Å²) < 4.78 is 30.8. The summed E-state index contributed by atoms with van der Waals surface area (Å²) in [7, 11) is -3.96. The molecule has 0 spiro atoms. The van der Waals surface area contributed by atoms with Crippen molar-refractivity contribution in [3.05, 3.63) is 46.0 Å². The third-order valence-electron chi connectivity index (χ3n) is 8.39. The number of pyridine rings is 2. The molecule has 0 bridgehead atoms. The summed E-state index contributed by atoms with van der Waals surface area (Å²) in [5, 5.41) is 13.1. The molecule has 15 heteroatoms. The molecule has 0 aromatic carbocycles. The Balaban J connectivity index is 1.30. The third-order valence-corrected chi connectivity index (χ3v) is 9.99. The van der Waals surface area contributed by atoms with Crippen LogP contribution in [-0.4, -0.2) is 81.3 Å². The number of anilines is 3. The Labute approximate surface area is 255 Å². The summed E-state index contributed by atoms with van der Waals surface area (Å²) in [6.45, 7) is 7.66. The van der Waals surface area contributed by atoms with E-state index < -0.39 is 28.1 Å². The zero-order chi connectivity index (χ0) is 31.8. The Kier molecular flexibility index (Phi) is 9.00. The van der Waals surface area contributed by atoms with Gasteiger partial charge in [0.2, 0.25) is 5.95 Å². The number of carboxylic acid groups (broad SMARTS) is 1. The number of aryl methyl sites for hydroxylation is 1. The zero-order valence-electron chi connectivity index (χ0n) is 25.3. The van der Waals surface area contributed by atoms with E-state index in [1.165, 1.54) is 11.2 Å². The highest BCUT2D eigenvalue weighted by molar-refractivity contribution is 7.87. The molecule has 1 saturated carbocycles. The summed E-state index contributed by atoms with van der Waals surface area (Å²) in [6.07, 6.45) is 7.03. The third kappa shape index (κ3) is 6.30. The average Bonchev–Trinajstić information content (AvgIpc) is 3.50. The van der Waals surface area contributed by atoms with Gasteiger partial charge >= 0.3 is 5.97 Å². The number of aromatic nitrogens is 4. The molecule has 1 atom stereocenters. The number of rotatable bonds is 10. The maximum Gasteiger partial charge on any atom is 0.322 e. The molecule has 0 amide bonds. The number of nitrogens with one attached hydrogen (secondary N) is 2. The molecule has 3 aromatic rings. The second kappa shape index (κ2) is 12.6. The number of piperazine rings is 1. The van der Waals surface area contributed by atoms with Crippen molar-refractivity contribution in [2.75, 3.05) is 36.4 Å². The maximum absolute atomic E-state index is 13.4. The average molecular weight is 627 g/mol. The molecule has 1 unspecified atom stereocenters. The van der Waals surface area contributed by atoms with Gasteiger partial charge in [-0.1, -0.05) is 26.7 Å². The molecule has 3 N–H and O–H groups in total. The number of carboxylic acids is 1. The fourth-order valence-corrected chi connectivity index (χ4v) is 7.45. The van der Waals surface area contributed by atoms with Crippen LogP contribution < -0.4 is 20.5 Å². The van der Waals surface area contributed by atoms with Gasteiger partial charge in [0, 0.05) is 43.8 Å². The van der Waals surface area contributed by atoms with Gasteiger partial charge in [0.15, 0.2) is 5.78 Å². The second-order valence-corrected chi connectivity index (χ2v) is 13.4. The van der Waals surface area contributed by atoms with E-state index in [0.29, 0.717) is 35.5 Å². The SMILES string of the molecule is CC(=O)c1c(C)c2cnc(Nc3ccc(N4CCN(S(=O)(=O)NC(C(=O)O)C(C)C)CC4)cn3)nc2n(C2CCCC2)c1=O. The van der Waals surface area contributed by atoms with Crippen molar-refractivity contribution in [1.82, 2.24) is 28.5 Å². The number of aliphatic carboxylic acids is 1. The molecule has 5 rings (SSSR count). The largest absolute Gasteiger partial charge is 0.480 e. The van der Waals surface area contributed by atoms with Crippen LogP contribution in [0.2, 0.25) is 0 Å². The van der Waals surface area contributed by atoms with Crippen molar-refractivity contribution in [3.63, 3.8) is 0 Å². The topological polar surface area (TPSA) is 180 Å². The lowest BCUT2D eigenvalue weighted by molar-refractivity contribution is -0.140. The van der Waals surface area contributed by atoms with Crippen molar-refractivity contribution in [1.29, 1.82) is 0 Å². The summed E-state index contributed by atoms with van der Waals surface area (Å²) in [4.78, 5) is 52.9. The summed E-state index contributed by atoms with van der Waals surface area (Å²) >= 11 is 0. The van der Waals surface area contributed by atoms with Gasteiger partial charge in [-0.15, -0.1) is 0 Å². The van der Waals surface area contributed by atoms with Crippen LogP contribution in [0.25, 0.3) is 11.0 Å². The maximum atomic E-state index is 13.4. The van der Waals surface area contributed by atoms with Crippen LogP contribution in [0.1, 0.15) is 68.4 Å². The van der Waals surface area contributed by atoms with Gasteiger partial charge in [-0.3, -0.25) is 19.0 Å². The van der Waals surface area contributed by atoms with E-state index in [9.17, 15) is 27.9 Å². The zero-order valence-corrected chi connectivity index (χ0v) is 26.1. The first kappa shape index (κ1) is 31.5. The van der Waals surface area contributed by atoms with Crippen LogP contribution in [0.3, 0.4) is 0 Å². The van der Waals surface area contributed by atoms with Gasteiger partial charge in [0.1, 0.15) is 17.5 Å². The van der Waals surface area contributed by atoms with Crippen LogP contribution in [-0.2, 0) is 15.0 Å². The first-order chi connectivity index (χ1) is 20.9. The highest BCUT2D eigenvalue weighted by Gasteiger charge is 2.33. The first-order valence-corrected chi connectivity index (χ1v) is 16.2. The smallest absolute Gasteiger partial charge is 0.322 e. The predicted octanol–water partition coefficient (Wildman–Crippen LogP) is 2.62. The number of nitrogens with zero attached hydrogens (tertiary/aromatic N) is 6. The molecule has 3 aromatic heterocycles. The van der Waals surface area contributed by atoms with Gasteiger partial charge in [-0.05, 0) is 50.3 Å². The van der Waals surface area contributed by atoms with E-state index in [1.807, 2.05) is 11.0 Å². The van der Waals surface area contributed by atoms with Gasteiger partial charge in [0.25, 0.3) is 15.8 Å². The van der Waals surface area contributed by atoms with E-state index in [2.05, 4.69) is 20.0 Å². The van der Waals surface area contributed by atoms with E-state index in [0.717, 1.165) is 31.4 Å². The molecule has 1 saturated heterocycles. The summed E-state index contributed by atoms with van der Waals surface area (Å²) in [5.41, 5.74) is 1.73. The van der Waals surface area contributed by atoms with Crippen LogP contribution in [0.15, 0.2) is 29.3 Å². The molecule has 2 fully saturated rings. The standard InChI is InChI=1S/C29H38N8O6S/c1-17(2)25(28(40)41)34-44(42,43)36-13-11-35(12-14-36)21-9-10-23(30-15-21)32-29-31-16-22-18(3)24(19(4)38)27(39)37(26(22)33-29)20-7-5-6-8-20/h9-10,15-17,20,25,34H,5-8,11-14H2,1-4H3,(H,40,41)(H,30,31,32,33). The minimum atomic E-state index is -3.96. The van der Waals surface area contributed by atoms with Crippen LogP contribution in [0, 0.1) is 12.8 Å². The lowest BCUT2D eigenvalue weighted by atomic mass is 10.0. The van der Waals surface area contributed by atoms with Crippen LogP contribution in [0.5, 0.6) is 0 Å². The van der Waals surface area contributed by atoms with E-state index in [1.54, 1.807) is 43.8 Å². The van der Waals surface area contributed by atoms with E-state index >= 15 is 0 Å². The van der Waals surface area contributed by atoms with E-state index in [-0.39, 0.29) is 42.0 Å². The van der Waals surface area contributed by atoms with Crippen LogP contribution in [0.4, 0.5) is 17.5 Å². The molecule has 14 nitrogen and oxygen atoms in total. The number of fused-ring (bicyclic) bond motifs is 1. The number of hydrogen-bond donors (Lipinski definition) is 3. The fourth-order valence-electron chi connectivity index (χ4n) is 5.96. The van der Waals surface area contributed by atoms with E-state index in [4.69, 9.17) is 4.98 Å². The fraction of sp³-hybridized carbons (Fsp3) is 0.517. The van der Waals surface area contributed by atoms with Gasteiger partial charge in [-0.25, -0.2) is 9.97 Å². The second-order valence-electron chi connectivity index (χ2n) is 11.7. The lowest BCUT2D eigenvalue weighted by Crippen LogP contribution is -2.55. The highest BCUT2D eigenvalue weighted by Crippen LogP contribution is 2.32. The van der Waals surface area contributed by atoms with Crippen molar-refractivity contribution in [2.24, 2.45) is 5.92 Å². The number of ketones is 1. The Hall–Kier alpha value is -3.95. The molecule has 0 radical (unpaired) electrons. The minimum absolute atomic E-state index is 0.0242. The molecule has 1 aliphatic carbocycles. The molecule has 44 heavy (non-hydrogen) atoms. The quantitative estimate of drug-likeness (QED) is 0.282. The number of hydrogen-bond acceptors (Lipinski definition) is 10. The van der Waals surface area contributed by atoms with Crippen molar-refractivity contribution in [3.8, 4) is 0 Å². The van der Waals surface area contributed by atoms with Crippen molar-refractivity contribution < 1.29 is 23.1 Å². The van der Waals surface area contributed by atoms with Gasteiger partial charge in [0.05, 0.1) is 17.4 Å². The first-order valence-electron chi connectivity index (χ1n) is 14.8. The number of Topliss-reactive ketones (excluding diaryl/α,β-unsaturated/α-hetero) is 1. The highest BCUT2D eigenvalue weighted by atomic mass is 32.2. The Morgan fingerprint density at radius 2 is 1.73 bits per heavy atom.